The van der Waals surface area contributed by atoms with Gasteiger partial charge in [-0.25, -0.2) is 4.98 Å². The van der Waals surface area contributed by atoms with Gasteiger partial charge in [-0.05, 0) is 12.5 Å². The van der Waals surface area contributed by atoms with Gasteiger partial charge in [0.1, 0.15) is 5.82 Å². The Kier molecular flexibility index (Phi) is 2.80. The summed E-state index contributed by atoms with van der Waals surface area (Å²) in [6.07, 6.45) is 5.24. The van der Waals surface area contributed by atoms with Crippen LogP contribution in [0, 0.1) is 0 Å². The third kappa shape index (κ3) is 1.59. The van der Waals surface area contributed by atoms with Crippen molar-refractivity contribution >= 4 is 12.3 Å². The van der Waals surface area contributed by atoms with Crippen LogP contribution in [0.2, 0.25) is 0 Å². The van der Waals surface area contributed by atoms with Gasteiger partial charge in [-0.15, -0.1) is 0 Å². The highest BCUT2D eigenvalue weighted by molar-refractivity contribution is 5.41. The van der Waals surface area contributed by atoms with Crippen LogP contribution in [0.25, 0.3) is 12.3 Å². The van der Waals surface area contributed by atoms with Crippen LogP contribution >= 0.6 is 0 Å². The number of rotatable bonds is 3. The lowest BCUT2D eigenvalue weighted by molar-refractivity contribution is 0.912. The minimum atomic E-state index is -0.0672. The van der Waals surface area contributed by atoms with E-state index in [1.54, 1.807) is 6.20 Å². The average Bonchev–Trinajstić information content (AvgIpc) is 2.17. The van der Waals surface area contributed by atoms with Crippen molar-refractivity contribution in [3.05, 3.63) is 41.1 Å². The molecule has 1 aromatic heterocycles. The molecule has 0 unspecified atom stereocenters. The Hall–Kier alpha value is -1.64. The molecular formula is C10H12N2O. The van der Waals surface area contributed by atoms with Crippen molar-refractivity contribution in [3.63, 3.8) is 0 Å². The molecule has 0 amide bonds. The van der Waals surface area contributed by atoms with Gasteiger partial charge in [-0.3, -0.25) is 9.36 Å². The van der Waals surface area contributed by atoms with E-state index >= 15 is 0 Å². The minimum Gasteiger partial charge on any atom is -0.269 e. The highest BCUT2D eigenvalue weighted by Crippen LogP contribution is 1.97. The van der Waals surface area contributed by atoms with Crippen molar-refractivity contribution in [1.29, 1.82) is 0 Å². The summed E-state index contributed by atoms with van der Waals surface area (Å²) in [7, 11) is 0. The van der Waals surface area contributed by atoms with E-state index in [1.165, 1.54) is 16.8 Å². The first-order chi connectivity index (χ1) is 6.24. The fraction of sp³-hybridized carbons (Fsp3) is 0.200. The Morgan fingerprint density at radius 1 is 1.62 bits per heavy atom. The van der Waals surface area contributed by atoms with Crippen LogP contribution in [0.5, 0.6) is 0 Å². The summed E-state index contributed by atoms with van der Waals surface area (Å²) in [5, 5.41) is 0. The maximum absolute atomic E-state index is 11.6. The molecule has 0 fully saturated rings. The van der Waals surface area contributed by atoms with Crippen LogP contribution < -0.4 is 5.56 Å². The lowest BCUT2D eigenvalue weighted by Gasteiger charge is -2.04. The van der Waals surface area contributed by atoms with Crippen LogP contribution in [-0.4, -0.2) is 9.55 Å². The molecule has 0 spiro atoms. The quantitative estimate of drug-likeness (QED) is 0.700. The van der Waals surface area contributed by atoms with Crippen molar-refractivity contribution in [2.24, 2.45) is 0 Å². The van der Waals surface area contributed by atoms with E-state index in [4.69, 9.17) is 0 Å². The Balaban J connectivity index is 3.49. The second-order valence-corrected chi connectivity index (χ2v) is 2.56. The standard InChI is InChI=1S/C10H12N2O/c1-4-8-7-11-9(5-2)12(6-3)10(8)13/h5-7H,2-4H2,1H3. The number of aromatic nitrogens is 2. The first-order valence-corrected chi connectivity index (χ1v) is 4.10. The molecule has 1 rings (SSSR count). The summed E-state index contributed by atoms with van der Waals surface area (Å²) in [5.41, 5.74) is 0.618. The Bertz CT molecular complexity index is 390. The van der Waals surface area contributed by atoms with Crippen LogP contribution in [0.4, 0.5) is 0 Å². The molecule has 0 aliphatic rings. The van der Waals surface area contributed by atoms with Gasteiger partial charge in [0, 0.05) is 18.0 Å². The van der Waals surface area contributed by atoms with Crippen LogP contribution in [0.1, 0.15) is 18.3 Å². The van der Waals surface area contributed by atoms with E-state index in [0.717, 1.165) is 0 Å². The normalized spacial score (nSPS) is 9.62. The molecule has 0 aromatic carbocycles. The van der Waals surface area contributed by atoms with E-state index in [0.29, 0.717) is 17.8 Å². The van der Waals surface area contributed by atoms with Gasteiger partial charge < -0.3 is 0 Å². The molecule has 0 saturated carbocycles. The van der Waals surface area contributed by atoms with Crippen molar-refractivity contribution in [3.8, 4) is 0 Å². The van der Waals surface area contributed by atoms with Crippen LogP contribution in [0.15, 0.2) is 24.1 Å². The molecule has 0 N–H and O–H groups in total. The molecule has 0 radical (unpaired) electrons. The summed E-state index contributed by atoms with van der Waals surface area (Å²) in [6, 6.07) is 0. The zero-order valence-corrected chi connectivity index (χ0v) is 7.66. The number of nitrogens with zero attached hydrogens (tertiary/aromatic N) is 2. The average molecular weight is 176 g/mol. The fourth-order valence-electron chi connectivity index (χ4n) is 1.09. The topological polar surface area (TPSA) is 34.9 Å². The van der Waals surface area contributed by atoms with Crippen LogP contribution in [-0.2, 0) is 6.42 Å². The Labute approximate surface area is 77.1 Å². The van der Waals surface area contributed by atoms with Crippen molar-refractivity contribution in [2.75, 3.05) is 0 Å². The molecule has 68 valence electrons. The van der Waals surface area contributed by atoms with Gasteiger partial charge in [0.25, 0.3) is 5.56 Å². The van der Waals surface area contributed by atoms with Gasteiger partial charge in [0.2, 0.25) is 0 Å². The first kappa shape index (κ1) is 9.45. The summed E-state index contributed by atoms with van der Waals surface area (Å²) in [4.78, 5) is 15.7. The predicted octanol–water partition coefficient (Wildman–Crippen LogP) is 1.55. The highest BCUT2D eigenvalue weighted by atomic mass is 16.1. The zero-order valence-electron chi connectivity index (χ0n) is 7.66. The largest absolute Gasteiger partial charge is 0.269 e. The maximum Gasteiger partial charge on any atom is 0.260 e. The second-order valence-electron chi connectivity index (χ2n) is 2.56. The van der Waals surface area contributed by atoms with E-state index in [9.17, 15) is 4.79 Å². The number of aryl methyl sites for hydroxylation is 1. The van der Waals surface area contributed by atoms with Gasteiger partial charge in [0.15, 0.2) is 0 Å². The van der Waals surface area contributed by atoms with Gasteiger partial charge >= 0.3 is 0 Å². The third-order valence-corrected chi connectivity index (χ3v) is 1.84. The molecule has 0 bridgehead atoms. The molecule has 0 aliphatic carbocycles. The smallest absolute Gasteiger partial charge is 0.260 e. The molecule has 0 aliphatic heterocycles. The maximum atomic E-state index is 11.6. The molecule has 1 aromatic rings. The number of hydrogen-bond donors (Lipinski definition) is 0. The van der Waals surface area contributed by atoms with E-state index in [-0.39, 0.29) is 5.56 Å². The van der Waals surface area contributed by atoms with E-state index in [2.05, 4.69) is 18.1 Å². The predicted molar refractivity (Wildman–Crippen MR) is 54.4 cm³/mol. The SMILES string of the molecule is C=Cc1ncc(CC)c(=O)n1C=C. The second kappa shape index (κ2) is 3.85. The van der Waals surface area contributed by atoms with Crippen molar-refractivity contribution in [1.82, 2.24) is 9.55 Å². The molecule has 3 nitrogen and oxygen atoms in total. The summed E-state index contributed by atoms with van der Waals surface area (Å²) >= 11 is 0. The van der Waals surface area contributed by atoms with E-state index in [1.807, 2.05) is 6.92 Å². The van der Waals surface area contributed by atoms with Crippen molar-refractivity contribution in [2.45, 2.75) is 13.3 Å². The number of hydrogen-bond acceptors (Lipinski definition) is 2. The molecular weight excluding hydrogens is 164 g/mol. The molecule has 0 atom stereocenters. The zero-order chi connectivity index (χ0) is 9.84. The lowest BCUT2D eigenvalue weighted by Crippen LogP contribution is -2.22. The third-order valence-electron chi connectivity index (χ3n) is 1.84. The summed E-state index contributed by atoms with van der Waals surface area (Å²) in [6.45, 7) is 9.03. The van der Waals surface area contributed by atoms with Gasteiger partial charge in [-0.2, -0.15) is 0 Å². The summed E-state index contributed by atoms with van der Waals surface area (Å²) < 4.78 is 1.39. The van der Waals surface area contributed by atoms with E-state index < -0.39 is 0 Å². The fourth-order valence-corrected chi connectivity index (χ4v) is 1.09. The monoisotopic (exact) mass is 176 g/mol. The first-order valence-electron chi connectivity index (χ1n) is 4.10. The Morgan fingerprint density at radius 3 is 2.77 bits per heavy atom. The lowest BCUT2D eigenvalue weighted by atomic mass is 10.2. The Morgan fingerprint density at radius 2 is 2.31 bits per heavy atom. The molecule has 1 heterocycles. The molecule has 3 heteroatoms. The molecule has 13 heavy (non-hydrogen) atoms. The van der Waals surface area contributed by atoms with Crippen molar-refractivity contribution < 1.29 is 0 Å². The minimum absolute atomic E-state index is 0.0672. The van der Waals surface area contributed by atoms with Gasteiger partial charge in [0.05, 0.1) is 0 Å². The van der Waals surface area contributed by atoms with Gasteiger partial charge in [-0.1, -0.05) is 20.1 Å². The molecule has 0 saturated heterocycles. The summed E-state index contributed by atoms with van der Waals surface area (Å²) in [5.74, 6) is 0.525. The highest BCUT2D eigenvalue weighted by Gasteiger charge is 2.03. The van der Waals surface area contributed by atoms with Crippen LogP contribution in [0.3, 0.4) is 0 Å².